The second kappa shape index (κ2) is 6.39. The Kier molecular flexibility index (Phi) is 4.58. The number of nitrogens with one attached hydrogen (secondary N) is 1. The van der Waals surface area contributed by atoms with Gasteiger partial charge in [-0.3, -0.25) is 0 Å². The lowest BCUT2D eigenvalue weighted by molar-refractivity contribution is 0.385. The quantitative estimate of drug-likeness (QED) is 0.879. The maximum absolute atomic E-state index is 13.4. The van der Waals surface area contributed by atoms with Crippen LogP contribution in [0.4, 0.5) is 4.39 Å². The molecule has 1 unspecified atom stereocenters. The molecule has 0 radical (unpaired) electrons. The van der Waals surface area contributed by atoms with Crippen LogP contribution in [0.3, 0.4) is 0 Å². The number of hydrogen-bond donors (Lipinski definition) is 2. The third-order valence-electron chi connectivity index (χ3n) is 3.27. The van der Waals surface area contributed by atoms with Crippen LogP contribution in [0, 0.1) is 5.82 Å². The Hall–Kier alpha value is -2.07. The van der Waals surface area contributed by atoms with Crippen molar-refractivity contribution in [2.24, 2.45) is 0 Å². The van der Waals surface area contributed by atoms with Gasteiger partial charge < -0.3 is 15.2 Å². The van der Waals surface area contributed by atoms with Crippen LogP contribution in [0.25, 0.3) is 0 Å². The Balaban J connectivity index is 2.05. The molecule has 4 heteroatoms. The number of ether oxygens (including phenoxy) is 1. The van der Waals surface area contributed by atoms with E-state index in [9.17, 15) is 9.50 Å². The number of aromatic hydroxyl groups is 1. The minimum atomic E-state index is -0.371. The van der Waals surface area contributed by atoms with Crippen molar-refractivity contribution in [1.29, 1.82) is 0 Å². The molecule has 0 aliphatic heterocycles. The summed E-state index contributed by atoms with van der Waals surface area (Å²) in [4.78, 5) is 0. The van der Waals surface area contributed by atoms with E-state index in [0.717, 1.165) is 11.1 Å². The van der Waals surface area contributed by atoms with Gasteiger partial charge in [0.25, 0.3) is 0 Å². The second-order valence-electron chi connectivity index (χ2n) is 4.63. The third-order valence-corrected chi connectivity index (χ3v) is 3.27. The Morgan fingerprint density at radius 1 is 1.25 bits per heavy atom. The topological polar surface area (TPSA) is 41.5 Å². The van der Waals surface area contributed by atoms with Crippen LogP contribution in [0.2, 0.25) is 0 Å². The molecule has 106 valence electrons. The first-order valence-electron chi connectivity index (χ1n) is 6.45. The predicted molar refractivity (Wildman–Crippen MR) is 76.3 cm³/mol. The summed E-state index contributed by atoms with van der Waals surface area (Å²) in [5, 5.41) is 13.0. The van der Waals surface area contributed by atoms with Crippen molar-refractivity contribution in [1.82, 2.24) is 5.32 Å². The molecule has 2 rings (SSSR count). The maximum atomic E-state index is 13.4. The SMILES string of the molecule is COc1cc(C(C)NCc2ccccc2O)ccc1F. The Labute approximate surface area is 118 Å². The highest BCUT2D eigenvalue weighted by Crippen LogP contribution is 2.23. The fourth-order valence-electron chi connectivity index (χ4n) is 1.99. The number of methoxy groups -OCH3 is 1. The highest BCUT2D eigenvalue weighted by Gasteiger charge is 2.10. The van der Waals surface area contributed by atoms with Crippen molar-refractivity contribution < 1.29 is 14.2 Å². The molecule has 3 nitrogen and oxygen atoms in total. The normalized spacial score (nSPS) is 12.2. The van der Waals surface area contributed by atoms with Gasteiger partial charge in [0, 0.05) is 18.2 Å². The molecule has 2 aromatic carbocycles. The first-order chi connectivity index (χ1) is 9.61. The highest BCUT2D eigenvalue weighted by molar-refractivity contribution is 5.33. The molecule has 0 aromatic heterocycles. The van der Waals surface area contributed by atoms with Gasteiger partial charge in [0.15, 0.2) is 11.6 Å². The van der Waals surface area contributed by atoms with Gasteiger partial charge >= 0.3 is 0 Å². The molecule has 1 atom stereocenters. The molecular formula is C16H18FNO2. The summed E-state index contributed by atoms with van der Waals surface area (Å²) < 4.78 is 18.3. The van der Waals surface area contributed by atoms with E-state index in [4.69, 9.17) is 4.74 Å². The van der Waals surface area contributed by atoms with Crippen molar-refractivity contribution in [2.45, 2.75) is 19.5 Å². The molecular weight excluding hydrogens is 257 g/mol. The number of benzene rings is 2. The van der Waals surface area contributed by atoms with E-state index in [1.807, 2.05) is 19.1 Å². The number of phenolic OH excluding ortho intramolecular Hbond substituents is 1. The van der Waals surface area contributed by atoms with Gasteiger partial charge in [0.05, 0.1) is 7.11 Å². The molecule has 0 bridgehead atoms. The minimum absolute atomic E-state index is 0.0177. The average molecular weight is 275 g/mol. The maximum Gasteiger partial charge on any atom is 0.165 e. The summed E-state index contributed by atoms with van der Waals surface area (Å²) in [6.07, 6.45) is 0. The summed E-state index contributed by atoms with van der Waals surface area (Å²) in [5.74, 6) is 0.131. The van der Waals surface area contributed by atoms with Crippen LogP contribution in [0.5, 0.6) is 11.5 Å². The zero-order chi connectivity index (χ0) is 14.5. The molecule has 0 amide bonds. The molecule has 0 spiro atoms. The Bertz CT molecular complexity index is 586. The fourth-order valence-corrected chi connectivity index (χ4v) is 1.99. The van der Waals surface area contributed by atoms with Gasteiger partial charge in [0.2, 0.25) is 0 Å². The predicted octanol–water partition coefficient (Wildman–Crippen LogP) is 3.39. The van der Waals surface area contributed by atoms with Crippen molar-refractivity contribution in [3.8, 4) is 11.5 Å². The van der Waals surface area contributed by atoms with Crippen LogP contribution >= 0.6 is 0 Å². The molecule has 0 saturated heterocycles. The van der Waals surface area contributed by atoms with E-state index in [0.29, 0.717) is 6.54 Å². The van der Waals surface area contributed by atoms with E-state index in [1.165, 1.54) is 13.2 Å². The molecule has 0 heterocycles. The lowest BCUT2D eigenvalue weighted by atomic mass is 10.1. The van der Waals surface area contributed by atoms with Crippen LogP contribution in [-0.4, -0.2) is 12.2 Å². The summed E-state index contributed by atoms with van der Waals surface area (Å²) in [6, 6.07) is 12.0. The zero-order valence-electron chi connectivity index (χ0n) is 11.6. The molecule has 0 saturated carbocycles. The van der Waals surface area contributed by atoms with Crippen LogP contribution < -0.4 is 10.1 Å². The fraction of sp³-hybridized carbons (Fsp3) is 0.250. The monoisotopic (exact) mass is 275 g/mol. The lowest BCUT2D eigenvalue weighted by Gasteiger charge is -2.16. The summed E-state index contributed by atoms with van der Waals surface area (Å²) in [6.45, 7) is 2.51. The van der Waals surface area contributed by atoms with Gasteiger partial charge in [-0.25, -0.2) is 4.39 Å². The molecule has 0 fully saturated rings. The zero-order valence-corrected chi connectivity index (χ0v) is 11.6. The number of hydrogen-bond acceptors (Lipinski definition) is 3. The smallest absolute Gasteiger partial charge is 0.165 e. The number of rotatable bonds is 5. The largest absolute Gasteiger partial charge is 0.508 e. The average Bonchev–Trinajstić information content (AvgIpc) is 2.46. The molecule has 0 aliphatic carbocycles. The van der Waals surface area contributed by atoms with Crippen molar-refractivity contribution in [2.75, 3.05) is 7.11 Å². The van der Waals surface area contributed by atoms with Gasteiger partial charge in [0.1, 0.15) is 5.75 Å². The van der Waals surface area contributed by atoms with Gasteiger partial charge in [-0.15, -0.1) is 0 Å². The Morgan fingerprint density at radius 3 is 2.70 bits per heavy atom. The minimum Gasteiger partial charge on any atom is -0.508 e. The van der Waals surface area contributed by atoms with Crippen molar-refractivity contribution in [3.63, 3.8) is 0 Å². The molecule has 2 aromatic rings. The first kappa shape index (κ1) is 14.3. The molecule has 20 heavy (non-hydrogen) atoms. The van der Waals surface area contributed by atoms with Crippen LogP contribution in [0.1, 0.15) is 24.1 Å². The van der Waals surface area contributed by atoms with Gasteiger partial charge in [-0.2, -0.15) is 0 Å². The standard InChI is InChI=1S/C16H18FNO2/c1-11(12-7-8-14(17)16(9-12)20-2)18-10-13-5-3-4-6-15(13)19/h3-9,11,18-19H,10H2,1-2H3. The van der Waals surface area contributed by atoms with Gasteiger partial charge in [-0.1, -0.05) is 24.3 Å². The first-order valence-corrected chi connectivity index (χ1v) is 6.45. The summed E-state index contributed by atoms with van der Waals surface area (Å²) in [5.41, 5.74) is 1.76. The second-order valence-corrected chi connectivity index (χ2v) is 4.63. The summed E-state index contributed by atoms with van der Waals surface area (Å²) >= 11 is 0. The number of phenols is 1. The Morgan fingerprint density at radius 2 is 2.00 bits per heavy atom. The lowest BCUT2D eigenvalue weighted by Crippen LogP contribution is -2.18. The van der Waals surface area contributed by atoms with E-state index in [-0.39, 0.29) is 23.4 Å². The molecule has 2 N–H and O–H groups in total. The number of halogens is 1. The van der Waals surface area contributed by atoms with E-state index in [2.05, 4.69) is 5.32 Å². The van der Waals surface area contributed by atoms with Gasteiger partial charge in [-0.05, 0) is 30.7 Å². The van der Waals surface area contributed by atoms with Crippen molar-refractivity contribution in [3.05, 3.63) is 59.4 Å². The number of para-hydroxylation sites is 1. The van der Waals surface area contributed by atoms with E-state index in [1.54, 1.807) is 24.3 Å². The molecule has 0 aliphatic rings. The highest BCUT2D eigenvalue weighted by atomic mass is 19.1. The van der Waals surface area contributed by atoms with Crippen LogP contribution in [0.15, 0.2) is 42.5 Å². The van der Waals surface area contributed by atoms with Crippen molar-refractivity contribution >= 4 is 0 Å². The summed E-state index contributed by atoms with van der Waals surface area (Å²) in [7, 11) is 1.45. The third kappa shape index (κ3) is 3.27. The van der Waals surface area contributed by atoms with Crippen LogP contribution in [-0.2, 0) is 6.54 Å². The van der Waals surface area contributed by atoms with E-state index < -0.39 is 0 Å². The van der Waals surface area contributed by atoms with E-state index >= 15 is 0 Å².